The van der Waals surface area contributed by atoms with Crippen molar-refractivity contribution < 1.29 is 14.9 Å². The molecule has 0 aromatic heterocycles. The average Bonchev–Trinajstić information content (AvgIpc) is 2.48. The zero-order valence-electron chi connectivity index (χ0n) is 13.3. The third-order valence-corrected chi connectivity index (χ3v) is 6.02. The Morgan fingerprint density at radius 3 is 2.76 bits per heavy atom. The molecule has 0 saturated heterocycles. The third-order valence-electron chi connectivity index (χ3n) is 4.13. The Morgan fingerprint density at radius 1 is 1.38 bits per heavy atom. The van der Waals surface area contributed by atoms with Crippen LogP contribution in [0.1, 0.15) is 51.6 Å². The average molecular weight is 312 g/mol. The lowest BCUT2D eigenvalue weighted by atomic mass is 9.91. The molecule has 1 saturated carbocycles. The summed E-state index contributed by atoms with van der Waals surface area (Å²) >= 11 is 0. The lowest BCUT2D eigenvalue weighted by Crippen LogP contribution is -2.19. The van der Waals surface area contributed by atoms with Crippen molar-refractivity contribution in [1.29, 1.82) is 0 Å². The van der Waals surface area contributed by atoms with Gasteiger partial charge in [0.1, 0.15) is 0 Å². The van der Waals surface area contributed by atoms with E-state index in [-0.39, 0.29) is 22.6 Å². The number of aliphatic hydroxyl groups is 1. The van der Waals surface area contributed by atoms with Gasteiger partial charge in [0.05, 0.1) is 18.1 Å². The number of nitrogens with two attached hydrogens (primary N) is 1. The van der Waals surface area contributed by atoms with Crippen LogP contribution in [0.3, 0.4) is 0 Å². The van der Waals surface area contributed by atoms with Gasteiger partial charge in [0.2, 0.25) is 0 Å². The highest BCUT2D eigenvalue weighted by atomic mass is 32.2. The molecule has 5 heteroatoms. The maximum Gasteiger partial charge on any atom is 0.178 e. The maximum absolute atomic E-state index is 12.6. The second-order valence-corrected chi connectivity index (χ2v) is 7.89. The first-order chi connectivity index (χ1) is 10.4. The second kappa shape index (κ2) is 7.38. The van der Waals surface area contributed by atoms with Crippen molar-refractivity contribution in [3.63, 3.8) is 0 Å². The molecule has 1 aromatic carbocycles. The quantitative estimate of drug-likeness (QED) is 0.845. The SMILES string of the molecule is [2H]c1ccc(S(=O)(=O)CC2CCCCC2)cc1C(O)CCN. The normalized spacial score (nSPS) is 19.2. The number of aliphatic hydroxyl groups excluding tert-OH is 1. The molecule has 0 heterocycles. The van der Waals surface area contributed by atoms with E-state index in [0.29, 0.717) is 18.5 Å². The molecule has 1 fully saturated rings. The molecule has 0 amide bonds. The van der Waals surface area contributed by atoms with E-state index in [1.165, 1.54) is 24.6 Å². The monoisotopic (exact) mass is 312 g/mol. The molecule has 1 aliphatic carbocycles. The fraction of sp³-hybridized carbons (Fsp3) is 0.625. The van der Waals surface area contributed by atoms with Crippen molar-refractivity contribution in [2.45, 2.75) is 49.5 Å². The van der Waals surface area contributed by atoms with Crippen molar-refractivity contribution in [2.75, 3.05) is 12.3 Å². The van der Waals surface area contributed by atoms with Gasteiger partial charge in [-0.05, 0) is 49.4 Å². The first-order valence-electron chi connectivity index (χ1n) is 8.15. The summed E-state index contributed by atoms with van der Waals surface area (Å²) < 4.78 is 33.0. The zero-order chi connectivity index (χ0) is 16.2. The minimum absolute atomic E-state index is 0.151. The summed E-state index contributed by atoms with van der Waals surface area (Å²) in [6.07, 6.45) is 4.77. The Kier molecular flexibility index (Phi) is 5.27. The van der Waals surface area contributed by atoms with E-state index >= 15 is 0 Å². The smallest absolute Gasteiger partial charge is 0.178 e. The first kappa shape index (κ1) is 15.0. The van der Waals surface area contributed by atoms with Gasteiger partial charge >= 0.3 is 0 Å². The van der Waals surface area contributed by atoms with Gasteiger partial charge in [0.15, 0.2) is 9.84 Å². The van der Waals surface area contributed by atoms with Gasteiger partial charge in [-0.15, -0.1) is 0 Å². The van der Waals surface area contributed by atoms with Crippen molar-refractivity contribution >= 4 is 9.84 Å². The van der Waals surface area contributed by atoms with Crippen molar-refractivity contribution in [2.24, 2.45) is 11.7 Å². The minimum atomic E-state index is -3.37. The molecule has 0 spiro atoms. The Hall–Kier alpha value is -0.910. The Balaban J connectivity index is 2.21. The molecule has 0 radical (unpaired) electrons. The minimum Gasteiger partial charge on any atom is -0.388 e. The van der Waals surface area contributed by atoms with Crippen LogP contribution >= 0.6 is 0 Å². The maximum atomic E-state index is 12.6. The number of hydrogen-bond donors (Lipinski definition) is 2. The van der Waals surface area contributed by atoms with Gasteiger partial charge in [-0.1, -0.05) is 31.4 Å². The van der Waals surface area contributed by atoms with Crippen LogP contribution in [-0.2, 0) is 9.84 Å². The van der Waals surface area contributed by atoms with Crippen molar-refractivity contribution in [1.82, 2.24) is 0 Å². The Labute approximate surface area is 128 Å². The van der Waals surface area contributed by atoms with Crippen LogP contribution in [0.25, 0.3) is 0 Å². The Morgan fingerprint density at radius 2 is 2.10 bits per heavy atom. The molecule has 118 valence electrons. The topological polar surface area (TPSA) is 80.4 Å². The summed E-state index contributed by atoms with van der Waals surface area (Å²) in [6, 6.07) is 4.51. The fourth-order valence-electron chi connectivity index (χ4n) is 2.92. The third kappa shape index (κ3) is 4.53. The van der Waals surface area contributed by atoms with Crippen molar-refractivity contribution in [3.8, 4) is 0 Å². The molecular formula is C16H25NO3S. The van der Waals surface area contributed by atoms with Crippen LogP contribution in [0, 0.1) is 5.92 Å². The van der Waals surface area contributed by atoms with Gasteiger partial charge in [-0.2, -0.15) is 0 Å². The standard InChI is InChI=1S/C16H25NO3S/c17-10-9-16(18)14-7-4-8-15(11-14)21(19,20)12-13-5-2-1-3-6-13/h4,7-8,11,13,16,18H,1-3,5-6,9-10,12,17H2/i7D. The summed E-state index contributed by atoms with van der Waals surface area (Å²) in [6.45, 7) is 0.291. The molecule has 4 nitrogen and oxygen atoms in total. The van der Waals surface area contributed by atoms with E-state index in [9.17, 15) is 13.5 Å². The number of rotatable bonds is 6. The van der Waals surface area contributed by atoms with E-state index in [1.807, 2.05) is 0 Å². The van der Waals surface area contributed by atoms with E-state index in [0.717, 1.165) is 25.7 Å². The highest BCUT2D eigenvalue weighted by Crippen LogP contribution is 2.28. The lowest BCUT2D eigenvalue weighted by Gasteiger charge is -2.21. The number of sulfone groups is 1. The van der Waals surface area contributed by atoms with Crippen LogP contribution in [0.5, 0.6) is 0 Å². The van der Waals surface area contributed by atoms with Gasteiger partial charge in [-0.25, -0.2) is 8.42 Å². The van der Waals surface area contributed by atoms with E-state index < -0.39 is 15.9 Å². The van der Waals surface area contributed by atoms with Gasteiger partial charge in [0, 0.05) is 0 Å². The van der Waals surface area contributed by atoms with Crippen LogP contribution in [0.2, 0.25) is 0 Å². The Bertz CT molecular complexity index is 597. The molecule has 0 bridgehead atoms. The molecule has 1 atom stereocenters. The fourth-order valence-corrected chi connectivity index (χ4v) is 4.65. The summed E-state index contributed by atoms with van der Waals surface area (Å²) in [7, 11) is -3.37. The van der Waals surface area contributed by atoms with Crippen molar-refractivity contribution in [3.05, 3.63) is 29.8 Å². The molecule has 1 unspecified atom stereocenters. The molecule has 2 rings (SSSR count). The molecule has 21 heavy (non-hydrogen) atoms. The van der Waals surface area contributed by atoms with E-state index in [2.05, 4.69) is 0 Å². The highest BCUT2D eigenvalue weighted by Gasteiger charge is 2.23. The largest absolute Gasteiger partial charge is 0.388 e. The van der Waals surface area contributed by atoms with Crippen LogP contribution in [0.4, 0.5) is 0 Å². The summed E-state index contributed by atoms with van der Waals surface area (Å²) in [5, 5.41) is 10.0. The number of hydrogen-bond acceptors (Lipinski definition) is 4. The summed E-state index contributed by atoms with van der Waals surface area (Å²) in [4.78, 5) is 0.208. The van der Waals surface area contributed by atoms with Gasteiger partial charge in [0.25, 0.3) is 0 Å². The predicted octanol–water partition coefficient (Wildman–Crippen LogP) is 2.42. The summed E-state index contributed by atoms with van der Waals surface area (Å²) in [5.41, 5.74) is 5.77. The number of benzene rings is 1. The van der Waals surface area contributed by atoms with Crippen LogP contribution < -0.4 is 5.73 Å². The molecule has 0 aliphatic heterocycles. The van der Waals surface area contributed by atoms with Crippen LogP contribution in [0.15, 0.2) is 29.1 Å². The molecular weight excluding hydrogens is 286 g/mol. The predicted molar refractivity (Wildman–Crippen MR) is 83.7 cm³/mol. The molecule has 1 aromatic rings. The summed E-state index contributed by atoms with van der Waals surface area (Å²) in [5.74, 6) is 0.392. The van der Waals surface area contributed by atoms with Gasteiger partial charge in [-0.3, -0.25) is 0 Å². The second-order valence-electron chi connectivity index (χ2n) is 5.86. The first-order valence-corrected chi connectivity index (χ1v) is 9.30. The molecule has 1 aliphatic rings. The van der Waals surface area contributed by atoms with E-state index in [4.69, 9.17) is 7.10 Å². The zero-order valence-corrected chi connectivity index (χ0v) is 13.1. The molecule has 3 N–H and O–H groups in total. The highest BCUT2D eigenvalue weighted by molar-refractivity contribution is 7.91. The van der Waals surface area contributed by atoms with E-state index in [1.54, 1.807) is 0 Å². The lowest BCUT2D eigenvalue weighted by molar-refractivity contribution is 0.170. The van der Waals surface area contributed by atoms with Gasteiger partial charge < -0.3 is 10.8 Å². The van der Waals surface area contributed by atoms with Crippen LogP contribution in [-0.4, -0.2) is 25.8 Å².